The molecule has 0 aliphatic heterocycles. The van der Waals surface area contributed by atoms with Crippen molar-refractivity contribution >= 4 is 71.6 Å². The number of hydrogen-bond donors (Lipinski definition) is 0. The quantitative estimate of drug-likeness (QED) is 0.160. The normalized spacial score (nSPS) is 13.7. The van der Waals surface area contributed by atoms with Gasteiger partial charge in [-0.15, -0.1) is 0 Å². The third-order valence-corrected chi connectivity index (χ3v) is 11.5. The first-order chi connectivity index (χ1) is 34.0. The van der Waals surface area contributed by atoms with E-state index in [0.29, 0.717) is 17.0 Å². The molecule has 0 spiro atoms. The van der Waals surface area contributed by atoms with Gasteiger partial charge in [0.1, 0.15) is 11.2 Å². The second-order valence-electron chi connectivity index (χ2n) is 15.0. The molecular formula is C58H38N2O. The average Bonchev–Trinajstić information content (AvgIpc) is 3.96. The molecule has 61 heavy (non-hydrogen) atoms. The zero-order valence-corrected chi connectivity index (χ0v) is 32.5. The molecule has 10 aromatic carbocycles. The number of anilines is 3. The minimum Gasteiger partial charge on any atom is -0.455 e. The highest BCUT2D eigenvalue weighted by Crippen LogP contribution is 2.42. The van der Waals surface area contributed by atoms with Gasteiger partial charge in [0.05, 0.1) is 23.4 Å². The Balaban J connectivity index is 1.03. The predicted molar refractivity (Wildman–Crippen MR) is 257 cm³/mol. The Morgan fingerprint density at radius 2 is 1.02 bits per heavy atom. The maximum absolute atomic E-state index is 9.58. The Bertz CT molecular complexity index is 4030. The molecule has 3 nitrogen and oxygen atoms in total. The highest BCUT2D eigenvalue weighted by molar-refractivity contribution is 6.17. The average molecular weight is 788 g/mol. The molecule has 12 rings (SSSR count). The zero-order chi connectivity index (χ0) is 48.1. The number of furan rings is 1. The lowest BCUT2D eigenvalue weighted by Crippen LogP contribution is -2.10. The van der Waals surface area contributed by atoms with E-state index in [-0.39, 0.29) is 11.3 Å². The van der Waals surface area contributed by atoms with Gasteiger partial charge < -0.3 is 13.9 Å². The van der Waals surface area contributed by atoms with Gasteiger partial charge in [-0.25, -0.2) is 0 Å². The highest BCUT2D eigenvalue weighted by Gasteiger charge is 2.18. The summed E-state index contributed by atoms with van der Waals surface area (Å²) in [5.41, 5.74) is 8.29. The lowest BCUT2D eigenvalue weighted by atomic mass is 10.00. The summed E-state index contributed by atoms with van der Waals surface area (Å²) in [6, 6.07) is 53.5. The van der Waals surface area contributed by atoms with Gasteiger partial charge in [0.15, 0.2) is 0 Å². The summed E-state index contributed by atoms with van der Waals surface area (Å²) in [5, 5.41) is 6.32. The molecule has 0 aliphatic rings. The van der Waals surface area contributed by atoms with Crippen LogP contribution in [0.15, 0.2) is 235 Å². The molecule has 0 N–H and O–H groups in total. The van der Waals surface area contributed by atoms with Crippen LogP contribution < -0.4 is 4.90 Å². The van der Waals surface area contributed by atoms with Gasteiger partial charge in [-0.3, -0.25) is 0 Å². The fourth-order valence-electron chi connectivity index (χ4n) is 8.72. The fraction of sp³-hybridized carbons (Fsp3) is 0. The summed E-state index contributed by atoms with van der Waals surface area (Å²) < 4.78 is 89.0. The Kier molecular flexibility index (Phi) is 6.28. The predicted octanol–water partition coefficient (Wildman–Crippen LogP) is 16.3. The lowest BCUT2D eigenvalue weighted by molar-refractivity contribution is 0.674. The number of para-hydroxylation sites is 3. The van der Waals surface area contributed by atoms with E-state index in [0.717, 1.165) is 76.9 Å². The van der Waals surface area contributed by atoms with Crippen molar-refractivity contribution in [2.45, 2.75) is 0 Å². The molecule has 0 aliphatic carbocycles. The zero-order valence-electron chi connectivity index (χ0n) is 41.5. The molecule has 0 unspecified atom stereocenters. The SMILES string of the molecule is [2H]c1c([2H])c([2H])c(-c2c([2H])c([2H])c(N(c3ccc(-c4cccc(-n5c6ccccc6c6ccccc65)c4)cc3)c3cccc(-c4cccc5c4oc4c6ccccc6ccc54)c3)c([2H])c2[2H])c([2H])c1[2H]. The van der Waals surface area contributed by atoms with Gasteiger partial charge in [-0.05, 0) is 99.9 Å². The maximum atomic E-state index is 9.58. The summed E-state index contributed by atoms with van der Waals surface area (Å²) in [4.78, 5) is 1.68. The standard InChI is InChI=1S/C58H38N2O/c1-2-13-39(14-3-1)40-27-32-45(33-28-40)59(47-18-11-17-44(38-47)50-23-12-24-53-54-36-31-42-15-4-5-20-49(42)57(54)61-58(50)53)46-34-29-41(30-35-46)43-16-10-19-48(37-43)60-55-25-8-6-21-51(55)52-22-7-9-26-56(52)60/h1-38H/i1D,2D,3D,13D,14D,27D,28D,32D,33D. The molecule has 286 valence electrons. The first-order valence-corrected chi connectivity index (χ1v) is 20.1. The van der Waals surface area contributed by atoms with E-state index in [4.69, 9.17) is 11.3 Å². The van der Waals surface area contributed by atoms with Crippen molar-refractivity contribution in [2.24, 2.45) is 0 Å². The number of benzene rings is 10. The fourth-order valence-corrected chi connectivity index (χ4v) is 8.72. The van der Waals surface area contributed by atoms with Crippen molar-refractivity contribution in [3.63, 3.8) is 0 Å². The molecule has 0 fully saturated rings. The van der Waals surface area contributed by atoms with Crippen molar-refractivity contribution in [1.29, 1.82) is 0 Å². The molecule has 3 heteroatoms. The molecule has 0 bridgehead atoms. The van der Waals surface area contributed by atoms with Crippen LogP contribution in [-0.4, -0.2) is 4.57 Å². The molecule has 2 aromatic heterocycles. The van der Waals surface area contributed by atoms with E-state index < -0.39 is 59.9 Å². The van der Waals surface area contributed by atoms with Crippen LogP contribution >= 0.6 is 0 Å². The number of fused-ring (bicyclic) bond motifs is 8. The minimum absolute atomic E-state index is 0.0854. The monoisotopic (exact) mass is 787 g/mol. The summed E-state index contributed by atoms with van der Waals surface area (Å²) in [6.45, 7) is 0. The molecule has 0 amide bonds. The van der Waals surface area contributed by atoms with Crippen LogP contribution in [0, 0.1) is 0 Å². The Labute approximate surface area is 366 Å². The van der Waals surface area contributed by atoms with Crippen LogP contribution in [0.25, 0.3) is 93.6 Å². The number of hydrogen-bond acceptors (Lipinski definition) is 2. The van der Waals surface area contributed by atoms with Crippen LogP contribution in [0.1, 0.15) is 12.3 Å². The molecule has 2 heterocycles. The molecule has 12 aromatic rings. The summed E-state index contributed by atoms with van der Waals surface area (Å²) in [6.07, 6.45) is 0. The van der Waals surface area contributed by atoms with Crippen LogP contribution in [0.5, 0.6) is 0 Å². The van der Waals surface area contributed by atoms with Crippen LogP contribution in [0.4, 0.5) is 17.1 Å². The van der Waals surface area contributed by atoms with Crippen molar-refractivity contribution in [1.82, 2.24) is 4.57 Å². The van der Waals surface area contributed by atoms with E-state index in [1.807, 2.05) is 103 Å². The van der Waals surface area contributed by atoms with Crippen molar-refractivity contribution in [2.75, 3.05) is 4.90 Å². The van der Waals surface area contributed by atoms with E-state index in [2.05, 4.69) is 77.4 Å². The van der Waals surface area contributed by atoms with Gasteiger partial charge in [0.25, 0.3) is 0 Å². The molecule has 0 saturated carbocycles. The lowest BCUT2D eigenvalue weighted by Gasteiger charge is -2.26. The Morgan fingerprint density at radius 3 is 1.80 bits per heavy atom. The van der Waals surface area contributed by atoms with Crippen molar-refractivity contribution < 1.29 is 16.8 Å². The second-order valence-corrected chi connectivity index (χ2v) is 15.0. The molecule has 0 atom stereocenters. The van der Waals surface area contributed by atoms with Gasteiger partial charge in [-0.1, -0.05) is 164 Å². The summed E-state index contributed by atoms with van der Waals surface area (Å²) in [5.74, 6) is 0. The van der Waals surface area contributed by atoms with E-state index in [1.165, 1.54) is 0 Å². The smallest absolute Gasteiger partial charge is 0.143 e. The van der Waals surface area contributed by atoms with Gasteiger partial charge in [0, 0.05) is 55.2 Å². The highest BCUT2D eigenvalue weighted by atomic mass is 16.3. The third kappa shape index (κ3) is 5.90. The third-order valence-electron chi connectivity index (χ3n) is 11.5. The van der Waals surface area contributed by atoms with Crippen LogP contribution in [0.2, 0.25) is 0 Å². The van der Waals surface area contributed by atoms with Crippen molar-refractivity contribution in [3.8, 4) is 39.1 Å². The second kappa shape index (κ2) is 14.3. The van der Waals surface area contributed by atoms with E-state index >= 15 is 0 Å². The van der Waals surface area contributed by atoms with Gasteiger partial charge in [0.2, 0.25) is 0 Å². The van der Waals surface area contributed by atoms with E-state index in [9.17, 15) is 5.48 Å². The number of aromatic nitrogens is 1. The first kappa shape index (κ1) is 26.8. The van der Waals surface area contributed by atoms with Gasteiger partial charge in [-0.2, -0.15) is 0 Å². The minimum atomic E-state index is -0.635. The number of rotatable bonds is 7. The summed E-state index contributed by atoms with van der Waals surface area (Å²) >= 11 is 0. The van der Waals surface area contributed by atoms with Crippen LogP contribution in [0.3, 0.4) is 0 Å². The topological polar surface area (TPSA) is 21.3 Å². The molecule has 0 radical (unpaired) electrons. The molecular weight excluding hydrogens is 741 g/mol. The first-order valence-electron chi connectivity index (χ1n) is 24.6. The van der Waals surface area contributed by atoms with Gasteiger partial charge >= 0.3 is 0 Å². The molecule has 0 saturated heterocycles. The largest absolute Gasteiger partial charge is 0.455 e. The maximum Gasteiger partial charge on any atom is 0.143 e. The van der Waals surface area contributed by atoms with Crippen LogP contribution in [-0.2, 0) is 0 Å². The van der Waals surface area contributed by atoms with E-state index in [1.54, 1.807) is 4.90 Å². The Hall–Kier alpha value is -8.14. The van der Waals surface area contributed by atoms with Crippen molar-refractivity contribution in [3.05, 3.63) is 230 Å². The Morgan fingerprint density at radius 1 is 0.377 bits per heavy atom. The number of nitrogens with zero attached hydrogens (tertiary/aromatic N) is 2. The summed E-state index contributed by atoms with van der Waals surface area (Å²) in [7, 11) is 0.